The Balaban J connectivity index is 2.00. The number of nitrogens with one attached hydrogen (secondary N) is 1. The number of hydrogen-bond donors (Lipinski definition) is 4. The lowest BCUT2D eigenvalue weighted by Crippen LogP contribution is -2.32. The predicted octanol–water partition coefficient (Wildman–Crippen LogP) is -1.18. The molecule has 0 bridgehead atoms. The zero-order valence-electron chi connectivity index (χ0n) is 10.2. The summed E-state index contributed by atoms with van der Waals surface area (Å²) in [7, 11) is 0. The molecule has 8 heteroatoms. The maximum atomic E-state index is 9.93. The smallest absolute Gasteiger partial charge is 0.162 e. The topological polar surface area (TPSA) is 124 Å². The molecule has 8 nitrogen and oxygen atoms in total. The molecule has 1 aliphatic rings. The van der Waals surface area contributed by atoms with Gasteiger partial charge in [-0.1, -0.05) is 0 Å². The van der Waals surface area contributed by atoms with Crippen LogP contribution in [0.3, 0.4) is 0 Å². The van der Waals surface area contributed by atoms with Crippen LogP contribution in [0.15, 0.2) is 6.33 Å². The average molecular weight is 266 g/mol. The molecule has 0 radical (unpaired) electrons. The molecule has 102 valence electrons. The van der Waals surface area contributed by atoms with Crippen LogP contribution in [0.4, 0.5) is 0 Å². The van der Waals surface area contributed by atoms with Gasteiger partial charge in [0.25, 0.3) is 0 Å². The molecule has 3 heterocycles. The number of imidazole rings is 1. The van der Waals surface area contributed by atoms with E-state index in [2.05, 4.69) is 19.9 Å². The maximum Gasteiger partial charge on any atom is 0.162 e. The monoisotopic (exact) mass is 266 g/mol. The lowest BCUT2D eigenvalue weighted by Gasteiger charge is -2.13. The van der Waals surface area contributed by atoms with Crippen LogP contribution >= 0.6 is 0 Å². The third-order valence-corrected chi connectivity index (χ3v) is 3.27. The quantitative estimate of drug-likeness (QED) is 0.539. The molecule has 4 atom stereocenters. The molecule has 1 fully saturated rings. The number of hydrogen-bond acceptors (Lipinski definition) is 7. The van der Waals surface area contributed by atoms with Crippen molar-refractivity contribution < 1.29 is 20.1 Å². The number of aliphatic hydroxyl groups is 3. The lowest BCUT2D eigenvalue weighted by molar-refractivity contribution is -0.0252. The van der Waals surface area contributed by atoms with Gasteiger partial charge in [-0.25, -0.2) is 15.0 Å². The first-order valence-corrected chi connectivity index (χ1v) is 5.92. The number of fused-ring (bicyclic) bond motifs is 1. The summed E-state index contributed by atoms with van der Waals surface area (Å²) in [5, 5.41) is 28.7. The highest BCUT2D eigenvalue weighted by molar-refractivity contribution is 5.72. The van der Waals surface area contributed by atoms with Crippen LogP contribution in [0.2, 0.25) is 0 Å². The molecule has 0 saturated carbocycles. The molecule has 2 aromatic rings. The molecule has 0 spiro atoms. The Bertz CT molecular complexity index is 601. The fourth-order valence-electron chi connectivity index (χ4n) is 2.24. The van der Waals surface area contributed by atoms with Crippen LogP contribution in [0.5, 0.6) is 0 Å². The van der Waals surface area contributed by atoms with Crippen molar-refractivity contribution in [3.8, 4) is 0 Å². The maximum absolute atomic E-state index is 9.93. The van der Waals surface area contributed by atoms with Crippen LogP contribution in [0, 0.1) is 6.92 Å². The van der Waals surface area contributed by atoms with Crippen molar-refractivity contribution in [1.82, 2.24) is 19.9 Å². The van der Waals surface area contributed by atoms with E-state index < -0.39 is 24.4 Å². The van der Waals surface area contributed by atoms with E-state index in [-0.39, 0.29) is 12.4 Å². The van der Waals surface area contributed by atoms with E-state index >= 15 is 0 Å². The number of aromatic nitrogens is 4. The first-order chi connectivity index (χ1) is 9.11. The molecule has 19 heavy (non-hydrogen) atoms. The summed E-state index contributed by atoms with van der Waals surface area (Å²) in [6, 6.07) is 0. The summed E-state index contributed by atoms with van der Waals surface area (Å²) in [5.74, 6) is 0.261. The van der Waals surface area contributed by atoms with E-state index in [4.69, 9.17) is 9.84 Å². The van der Waals surface area contributed by atoms with Gasteiger partial charge in [-0.2, -0.15) is 0 Å². The molecule has 0 amide bonds. The molecular weight excluding hydrogens is 252 g/mol. The van der Waals surface area contributed by atoms with E-state index in [1.165, 1.54) is 6.33 Å². The average Bonchev–Trinajstić information content (AvgIpc) is 2.96. The Hall–Kier alpha value is -1.61. The van der Waals surface area contributed by atoms with Gasteiger partial charge in [-0.3, -0.25) is 0 Å². The van der Waals surface area contributed by atoms with Gasteiger partial charge in [0, 0.05) is 0 Å². The normalized spacial score (nSPS) is 31.2. The van der Waals surface area contributed by atoms with Gasteiger partial charge < -0.3 is 25.0 Å². The first-order valence-electron chi connectivity index (χ1n) is 5.92. The van der Waals surface area contributed by atoms with Gasteiger partial charge in [0.2, 0.25) is 0 Å². The summed E-state index contributed by atoms with van der Waals surface area (Å²) in [6.07, 6.45) is -2.51. The van der Waals surface area contributed by atoms with Crippen molar-refractivity contribution in [1.29, 1.82) is 0 Å². The van der Waals surface area contributed by atoms with E-state index in [9.17, 15) is 10.2 Å². The highest BCUT2D eigenvalue weighted by atomic mass is 16.6. The van der Waals surface area contributed by atoms with Gasteiger partial charge in [0.1, 0.15) is 29.9 Å². The second-order valence-electron chi connectivity index (χ2n) is 4.53. The second-order valence-corrected chi connectivity index (χ2v) is 4.53. The van der Waals surface area contributed by atoms with Gasteiger partial charge >= 0.3 is 0 Å². The molecule has 0 aliphatic carbocycles. The van der Waals surface area contributed by atoms with Gasteiger partial charge in [0.15, 0.2) is 11.5 Å². The van der Waals surface area contributed by atoms with Crippen LogP contribution < -0.4 is 0 Å². The zero-order chi connectivity index (χ0) is 13.6. The summed E-state index contributed by atoms with van der Waals surface area (Å²) in [6.45, 7) is 1.40. The van der Waals surface area contributed by atoms with Crippen LogP contribution in [0.1, 0.15) is 17.6 Å². The van der Waals surface area contributed by atoms with Crippen molar-refractivity contribution in [2.24, 2.45) is 0 Å². The van der Waals surface area contributed by atoms with Crippen molar-refractivity contribution in [2.75, 3.05) is 6.61 Å². The van der Waals surface area contributed by atoms with Crippen molar-refractivity contribution >= 4 is 11.2 Å². The first kappa shape index (κ1) is 12.4. The van der Waals surface area contributed by atoms with Crippen LogP contribution in [0.25, 0.3) is 11.2 Å². The molecule has 0 aromatic carbocycles. The molecule has 1 saturated heterocycles. The van der Waals surface area contributed by atoms with Crippen LogP contribution in [-0.2, 0) is 4.74 Å². The highest BCUT2D eigenvalue weighted by Crippen LogP contribution is 2.32. The van der Waals surface area contributed by atoms with Crippen molar-refractivity contribution in [3.05, 3.63) is 17.8 Å². The third-order valence-electron chi connectivity index (χ3n) is 3.27. The minimum absolute atomic E-state index is 0.261. The number of ether oxygens (including phenoxy) is 1. The van der Waals surface area contributed by atoms with E-state index in [0.29, 0.717) is 16.9 Å². The molecule has 2 aromatic heterocycles. The van der Waals surface area contributed by atoms with Gasteiger partial charge in [-0.15, -0.1) is 0 Å². The fourth-order valence-corrected chi connectivity index (χ4v) is 2.24. The highest BCUT2D eigenvalue weighted by Gasteiger charge is 2.44. The minimum Gasteiger partial charge on any atom is -0.394 e. The minimum atomic E-state index is -1.17. The summed E-state index contributed by atoms with van der Waals surface area (Å²) >= 11 is 0. The molecule has 1 unspecified atom stereocenters. The summed E-state index contributed by atoms with van der Waals surface area (Å²) in [4.78, 5) is 15.4. The fraction of sp³-hybridized carbons (Fsp3) is 0.545. The van der Waals surface area contributed by atoms with E-state index in [1.807, 2.05) is 0 Å². The number of aromatic amines is 1. The molecule has 3 rings (SSSR count). The largest absolute Gasteiger partial charge is 0.394 e. The van der Waals surface area contributed by atoms with Crippen LogP contribution in [-0.4, -0.2) is 60.2 Å². The predicted molar refractivity (Wildman–Crippen MR) is 63.1 cm³/mol. The molecule has 1 aliphatic heterocycles. The van der Waals surface area contributed by atoms with Crippen molar-refractivity contribution in [3.63, 3.8) is 0 Å². The zero-order valence-corrected chi connectivity index (χ0v) is 10.2. The molecule has 4 N–H and O–H groups in total. The Morgan fingerprint density at radius 1 is 1.32 bits per heavy atom. The second kappa shape index (κ2) is 4.49. The summed E-state index contributed by atoms with van der Waals surface area (Å²) < 4.78 is 5.39. The number of nitrogens with zero attached hydrogens (tertiary/aromatic N) is 3. The van der Waals surface area contributed by atoms with Crippen molar-refractivity contribution in [2.45, 2.75) is 31.3 Å². The number of rotatable bonds is 2. The molecular formula is C11H14N4O4. The Kier molecular flexibility index (Phi) is 2.94. The Morgan fingerprint density at radius 3 is 2.79 bits per heavy atom. The number of H-pyrrole nitrogens is 1. The standard InChI is InChI=1S/C11H14N4O4/c1-4-6-10(13-3-12-6)15-11(14-4)9-8(18)7(17)5(2-16)19-9/h3,5,7-9,16-18H,2H2,1H3,(H,12,13,14,15)/t5-,7-,8-,9?/m1/s1. The van der Waals surface area contributed by atoms with Gasteiger partial charge in [0.05, 0.1) is 18.6 Å². The van der Waals surface area contributed by atoms with E-state index in [1.54, 1.807) is 6.92 Å². The summed E-state index contributed by atoms with van der Waals surface area (Å²) in [5.41, 5.74) is 1.84. The third kappa shape index (κ3) is 1.89. The SMILES string of the molecule is Cc1nc(C2O[C@H](CO)[C@@H](O)[C@H]2O)nc2[nH]cnc12. The Labute approximate surface area is 108 Å². The van der Waals surface area contributed by atoms with E-state index in [0.717, 1.165) is 0 Å². The number of aliphatic hydroxyl groups excluding tert-OH is 3. The Morgan fingerprint density at radius 2 is 2.11 bits per heavy atom. The van der Waals surface area contributed by atoms with Gasteiger partial charge in [-0.05, 0) is 6.92 Å². The lowest BCUT2D eigenvalue weighted by atomic mass is 10.1. The number of aryl methyl sites for hydroxylation is 1.